The maximum absolute atomic E-state index is 5.69. The molecule has 1 aromatic rings. The molecule has 1 saturated heterocycles. The lowest BCUT2D eigenvalue weighted by atomic mass is 10.1. The number of ether oxygens (including phenoxy) is 2. The van der Waals surface area contributed by atoms with Crippen LogP contribution in [0.25, 0.3) is 0 Å². The number of benzene rings is 1. The van der Waals surface area contributed by atoms with Crippen LogP contribution in [0.5, 0.6) is 0 Å². The van der Waals surface area contributed by atoms with Crippen LogP contribution in [0, 0.1) is 0 Å². The van der Waals surface area contributed by atoms with E-state index < -0.39 is 0 Å². The molecule has 0 spiro atoms. The number of nitrogens with zero attached hydrogens (tertiary/aromatic N) is 1. The van der Waals surface area contributed by atoms with Crippen LogP contribution in [0.3, 0.4) is 0 Å². The first-order valence-electron chi connectivity index (χ1n) is 4.87. The van der Waals surface area contributed by atoms with Crippen molar-refractivity contribution in [2.75, 3.05) is 20.3 Å². The Morgan fingerprint density at radius 3 is 2.40 bits per heavy atom. The minimum absolute atomic E-state index is 0.223. The van der Waals surface area contributed by atoms with Gasteiger partial charge in [0.25, 0.3) is 0 Å². The van der Waals surface area contributed by atoms with E-state index >= 15 is 0 Å². The zero-order chi connectivity index (χ0) is 10.7. The molecule has 80 valence electrons. The molecular formula is C11H14N2O2. The second-order valence-corrected chi connectivity index (χ2v) is 3.30. The Balaban J connectivity index is 2.16. The minimum atomic E-state index is -0.223. The van der Waals surface area contributed by atoms with Crippen molar-refractivity contribution in [1.82, 2.24) is 0 Å². The molecule has 2 N–H and O–H groups in total. The molecule has 4 heteroatoms. The molecule has 0 amide bonds. The lowest BCUT2D eigenvalue weighted by molar-refractivity contribution is -0.0441. The molecule has 0 atom stereocenters. The topological polar surface area (TPSA) is 56.8 Å². The highest BCUT2D eigenvalue weighted by molar-refractivity contribution is 5.97. The molecule has 1 aromatic carbocycles. The van der Waals surface area contributed by atoms with E-state index in [1.807, 2.05) is 24.3 Å². The van der Waals surface area contributed by atoms with Gasteiger partial charge < -0.3 is 15.2 Å². The largest absolute Gasteiger partial charge is 0.384 e. The van der Waals surface area contributed by atoms with Crippen LogP contribution in [0.1, 0.15) is 17.4 Å². The predicted octanol–water partition coefficient (Wildman–Crippen LogP) is 1.07. The Hall–Kier alpha value is -1.39. The van der Waals surface area contributed by atoms with Gasteiger partial charge in [-0.1, -0.05) is 24.3 Å². The Morgan fingerprint density at radius 1 is 1.27 bits per heavy atom. The maximum atomic E-state index is 5.69. The number of rotatable bonds is 2. The standard InChI is InChI=1S/C11H14N2O2/c1-13-10(12)8-2-4-9(5-3-8)11-14-6-7-15-11/h2-5,11H,6-7H2,1H3,(H2,12,13). The average Bonchev–Trinajstić information content (AvgIpc) is 2.82. The number of aliphatic imine (C=N–C) groups is 1. The SMILES string of the molecule is C/N=C(\N)c1ccc(C2OCCO2)cc1. The molecule has 0 aliphatic carbocycles. The van der Waals surface area contributed by atoms with Crippen molar-refractivity contribution < 1.29 is 9.47 Å². The predicted molar refractivity (Wildman–Crippen MR) is 57.7 cm³/mol. The number of amidine groups is 1. The summed E-state index contributed by atoms with van der Waals surface area (Å²) in [6, 6.07) is 7.73. The van der Waals surface area contributed by atoms with Gasteiger partial charge >= 0.3 is 0 Å². The second kappa shape index (κ2) is 4.42. The molecular weight excluding hydrogens is 192 g/mol. The normalized spacial score (nSPS) is 18.3. The molecule has 4 nitrogen and oxygen atoms in total. The second-order valence-electron chi connectivity index (χ2n) is 3.30. The number of nitrogens with two attached hydrogens (primary N) is 1. The zero-order valence-corrected chi connectivity index (χ0v) is 8.64. The minimum Gasteiger partial charge on any atom is -0.384 e. The third-order valence-electron chi connectivity index (χ3n) is 2.34. The van der Waals surface area contributed by atoms with Gasteiger partial charge in [-0.3, -0.25) is 4.99 Å². The Morgan fingerprint density at radius 2 is 1.87 bits per heavy atom. The van der Waals surface area contributed by atoms with Crippen LogP contribution in [0.15, 0.2) is 29.3 Å². The highest BCUT2D eigenvalue weighted by Gasteiger charge is 2.17. The molecule has 2 rings (SSSR count). The third kappa shape index (κ3) is 2.16. The van der Waals surface area contributed by atoms with E-state index in [1.54, 1.807) is 7.05 Å². The van der Waals surface area contributed by atoms with Crippen LogP contribution in [-0.4, -0.2) is 26.1 Å². The summed E-state index contributed by atoms with van der Waals surface area (Å²) >= 11 is 0. The molecule has 0 saturated carbocycles. The lowest BCUT2D eigenvalue weighted by Crippen LogP contribution is -2.12. The Labute approximate surface area is 88.7 Å². The van der Waals surface area contributed by atoms with Crippen molar-refractivity contribution >= 4 is 5.84 Å². The first kappa shape index (κ1) is 10.1. The number of hydrogen-bond acceptors (Lipinski definition) is 3. The van der Waals surface area contributed by atoms with Gasteiger partial charge in [0.1, 0.15) is 5.84 Å². The van der Waals surface area contributed by atoms with E-state index in [2.05, 4.69) is 4.99 Å². The van der Waals surface area contributed by atoms with E-state index in [1.165, 1.54) is 0 Å². The molecule has 1 fully saturated rings. The van der Waals surface area contributed by atoms with Gasteiger partial charge in [0, 0.05) is 18.2 Å². The summed E-state index contributed by atoms with van der Waals surface area (Å²) in [5.74, 6) is 0.537. The van der Waals surface area contributed by atoms with E-state index in [0.717, 1.165) is 11.1 Å². The summed E-state index contributed by atoms with van der Waals surface area (Å²) < 4.78 is 10.8. The molecule has 0 bridgehead atoms. The van der Waals surface area contributed by atoms with Crippen molar-refractivity contribution in [3.63, 3.8) is 0 Å². The first-order valence-corrected chi connectivity index (χ1v) is 4.87. The number of hydrogen-bond donors (Lipinski definition) is 1. The molecule has 0 aromatic heterocycles. The monoisotopic (exact) mass is 206 g/mol. The van der Waals surface area contributed by atoms with Crippen LogP contribution in [0.2, 0.25) is 0 Å². The fraction of sp³-hybridized carbons (Fsp3) is 0.364. The summed E-state index contributed by atoms with van der Waals surface area (Å²) in [5.41, 5.74) is 7.62. The molecule has 15 heavy (non-hydrogen) atoms. The van der Waals surface area contributed by atoms with E-state index in [0.29, 0.717) is 19.0 Å². The maximum Gasteiger partial charge on any atom is 0.184 e. The van der Waals surface area contributed by atoms with Crippen molar-refractivity contribution in [2.45, 2.75) is 6.29 Å². The first-order chi connectivity index (χ1) is 7.31. The molecule has 0 unspecified atom stereocenters. The molecule has 1 aliphatic rings. The summed E-state index contributed by atoms with van der Waals surface area (Å²) in [6.07, 6.45) is -0.223. The van der Waals surface area contributed by atoms with Gasteiger partial charge in [-0.15, -0.1) is 0 Å². The Bertz CT molecular complexity index is 353. The van der Waals surface area contributed by atoms with Gasteiger partial charge in [-0.05, 0) is 0 Å². The average molecular weight is 206 g/mol. The van der Waals surface area contributed by atoms with Crippen molar-refractivity contribution in [2.24, 2.45) is 10.7 Å². The fourth-order valence-corrected chi connectivity index (χ4v) is 1.49. The Kier molecular flexibility index (Phi) is 2.99. The fourth-order valence-electron chi connectivity index (χ4n) is 1.49. The van der Waals surface area contributed by atoms with E-state index in [4.69, 9.17) is 15.2 Å². The summed E-state index contributed by atoms with van der Waals surface area (Å²) in [4.78, 5) is 3.92. The van der Waals surface area contributed by atoms with Crippen molar-refractivity contribution in [1.29, 1.82) is 0 Å². The van der Waals surface area contributed by atoms with Crippen LogP contribution in [0.4, 0.5) is 0 Å². The molecule has 0 radical (unpaired) electrons. The smallest absolute Gasteiger partial charge is 0.184 e. The van der Waals surface area contributed by atoms with Crippen LogP contribution in [-0.2, 0) is 9.47 Å². The molecule has 1 aliphatic heterocycles. The van der Waals surface area contributed by atoms with Gasteiger partial charge in [-0.2, -0.15) is 0 Å². The highest BCUT2D eigenvalue weighted by Crippen LogP contribution is 2.23. The highest BCUT2D eigenvalue weighted by atomic mass is 16.7. The zero-order valence-electron chi connectivity index (χ0n) is 8.64. The lowest BCUT2D eigenvalue weighted by Gasteiger charge is -2.09. The van der Waals surface area contributed by atoms with Gasteiger partial charge in [-0.25, -0.2) is 0 Å². The van der Waals surface area contributed by atoms with Crippen molar-refractivity contribution in [3.8, 4) is 0 Å². The summed E-state index contributed by atoms with van der Waals surface area (Å²) in [5, 5.41) is 0. The van der Waals surface area contributed by atoms with Gasteiger partial charge in [0.2, 0.25) is 0 Å². The quantitative estimate of drug-likeness (QED) is 0.581. The molecule has 1 heterocycles. The summed E-state index contributed by atoms with van der Waals surface area (Å²) in [6.45, 7) is 1.32. The van der Waals surface area contributed by atoms with E-state index in [9.17, 15) is 0 Å². The third-order valence-corrected chi connectivity index (χ3v) is 2.34. The van der Waals surface area contributed by atoms with Gasteiger partial charge in [0.15, 0.2) is 6.29 Å². The van der Waals surface area contributed by atoms with E-state index in [-0.39, 0.29) is 6.29 Å². The summed E-state index contributed by atoms with van der Waals surface area (Å²) in [7, 11) is 1.67. The van der Waals surface area contributed by atoms with Gasteiger partial charge in [0.05, 0.1) is 13.2 Å². The van der Waals surface area contributed by atoms with Crippen LogP contribution < -0.4 is 5.73 Å². The van der Waals surface area contributed by atoms with Crippen molar-refractivity contribution in [3.05, 3.63) is 35.4 Å². The van der Waals surface area contributed by atoms with Crippen LogP contribution >= 0.6 is 0 Å².